The van der Waals surface area contributed by atoms with Crippen molar-refractivity contribution in [2.75, 3.05) is 31.9 Å². The Morgan fingerprint density at radius 1 is 1.26 bits per heavy atom. The van der Waals surface area contributed by atoms with Crippen molar-refractivity contribution < 1.29 is 8.42 Å². The minimum Gasteiger partial charge on any atom is -0.314 e. The average molecular weight is 289 g/mol. The summed E-state index contributed by atoms with van der Waals surface area (Å²) in [5, 5.41) is 3.34. The molecule has 0 aromatic heterocycles. The van der Waals surface area contributed by atoms with Crippen LogP contribution in [0.25, 0.3) is 0 Å². The van der Waals surface area contributed by atoms with E-state index in [4.69, 9.17) is 0 Å². The van der Waals surface area contributed by atoms with Gasteiger partial charge in [0.25, 0.3) is 0 Å². The van der Waals surface area contributed by atoms with Crippen molar-refractivity contribution in [1.29, 1.82) is 0 Å². The van der Waals surface area contributed by atoms with Crippen molar-refractivity contribution in [2.24, 2.45) is 0 Å². The third-order valence-electron chi connectivity index (χ3n) is 3.71. The molecule has 0 aromatic rings. The van der Waals surface area contributed by atoms with Gasteiger partial charge in [0.1, 0.15) is 0 Å². The molecule has 2 rings (SSSR count). The SMILES string of the molecule is CC(CN1CCCC1)NS(=O)(=O)CCCNC1CC1. The van der Waals surface area contributed by atoms with Crippen LogP contribution in [-0.4, -0.2) is 57.3 Å². The lowest BCUT2D eigenvalue weighted by Crippen LogP contribution is -2.42. The van der Waals surface area contributed by atoms with Gasteiger partial charge in [-0.1, -0.05) is 0 Å². The summed E-state index contributed by atoms with van der Waals surface area (Å²) in [5.74, 6) is 0.233. The minimum absolute atomic E-state index is 0.0134. The molecule has 0 radical (unpaired) electrons. The number of likely N-dealkylation sites (tertiary alicyclic amines) is 1. The molecule has 1 aliphatic heterocycles. The summed E-state index contributed by atoms with van der Waals surface area (Å²) in [5.41, 5.74) is 0. The monoisotopic (exact) mass is 289 g/mol. The Balaban J connectivity index is 1.60. The van der Waals surface area contributed by atoms with Gasteiger partial charge in [0.15, 0.2) is 0 Å². The van der Waals surface area contributed by atoms with Crippen molar-refractivity contribution >= 4 is 10.0 Å². The predicted molar refractivity (Wildman–Crippen MR) is 77.7 cm³/mol. The number of hydrogen-bond acceptors (Lipinski definition) is 4. The molecule has 19 heavy (non-hydrogen) atoms. The fraction of sp³-hybridized carbons (Fsp3) is 1.00. The average Bonchev–Trinajstić information content (AvgIpc) is 3.01. The number of sulfonamides is 1. The zero-order valence-electron chi connectivity index (χ0n) is 11.9. The molecule has 2 N–H and O–H groups in total. The van der Waals surface area contributed by atoms with Crippen LogP contribution < -0.4 is 10.0 Å². The molecule has 112 valence electrons. The predicted octanol–water partition coefficient (Wildman–Crippen LogP) is 0.532. The lowest BCUT2D eigenvalue weighted by molar-refractivity contribution is 0.312. The van der Waals surface area contributed by atoms with E-state index in [1.807, 2.05) is 6.92 Å². The van der Waals surface area contributed by atoms with Gasteiger partial charge in [0, 0.05) is 18.6 Å². The van der Waals surface area contributed by atoms with E-state index in [2.05, 4.69) is 14.9 Å². The molecule has 0 aromatic carbocycles. The zero-order chi connectivity index (χ0) is 13.7. The van der Waals surface area contributed by atoms with E-state index in [1.54, 1.807) is 0 Å². The van der Waals surface area contributed by atoms with Gasteiger partial charge in [0.05, 0.1) is 5.75 Å². The topological polar surface area (TPSA) is 61.4 Å². The van der Waals surface area contributed by atoms with Crippen LogP contribution in [0.1, 0.15) is 39.0 Å². The summed E-state index contributed by atoms with van der Waals surface area (Å²) in [7, 11) is -3.12. The van der Waals surface area contributed by atoms with Gasteiger partial charge in [-0.2, -0.15) is 0 Å². The Kier molecular flexibility index (Phi) is 5.62. The van der Waals surface area contributed by atoms with E-state index in [0.29, 0.717) is 12.5 Å². The number of nitrogens with zero attached hydrogens (tertiary/aromatic N) is 1. The van der Waals surface area contributed by atoms with E-state index in [0.717, 1.165) is 26.2 Å². The molecule has 1 saturated carbocycles. The lowest BCUT2D eigenvalue weighted by atomic mass is 10.3. The lowest BCUT2D eigenvalue weighted by Gasteiger charge is -2.21. The van der Waals surface area contributed by atoms with Gasteiger partial charge in [-0.25, -0.2) is 13.1 Å². The molecular weight excluding hydrogens is 262 g/mol. The number of rotatable bonds is 9. The second kappa shape index (κ2) is 7.02. The Bertz CT molecular complexity index is 362. The molecule has 1 heterocycles. The minimum atomic E-state index is -3.12. The Labute approximate surface area is 117 Å². The normalized spacial score (nSPS) is 22.8. The molecule has 0 bridgehead atoms. The quantitative estimate of drug-likeness (QED) is 0.608. The molecule has 0 amide bonds. The van der Waals surface area contributed by atoms with Gasteiger partial charge in [-0.3, -0.25) is 0 Å². The molecule has 5 nitrogen and oxygen atoms in total. The Morgan fingerprint density at radius 3 is 2.58 bits per heavy atom. The van der Waals surface area contributed by atoms with Crippen LogP contribution in [0.4, 0.5) is 0 Å². The van der Waals surface area contributed by atoms with E-state index < -0.39 is 10.0 Å². The van der Waals surface area contributed by atoms with Crippen LogP contribution in [0.2, 0.25) is 0 Å². The summed E-state index contributed by atoms with van der Waals surface area (Å²) in [6.07, 6.45) is 5.68. The maximum absolute atomic E-state index is 11.9. The number of nitrogens with one attached hydrogen (secondary N) is 2. The van der Waals surface area contributed by atoms with Crippen LogP contribution in [0.5, 0.6) is 0 Å². The fourth-order valence-electron chi connectivity index (χ4n) is 2.61. The second-order valence-electron chi connectivity index (χ2n) is 5.93. The van der Waals surface area contributed by atoms with Crippen LogP contribution in [-0.2, 0) is 10.0 Å². The van der Waals surface area contributed by atoms with Crippen molar-refractivity contribution in [2.45, 2.75) is 51.1 Å². The van der Waals surface area contributed by atoms with Crippen molar-refractivity contribution in [3.05, 3.63) is 0 Å². The summed E-state index contributed by atoms with van der Waals surface area (Å²) < 4.78 is 26.6. The van der Waals surface area contributed by atoms with Crippen LogP contribution in [0.15, 0.2) is 0 Å². The third kappa shape index (κ3) is 6.21. The maximum Gasteiger partial charge on any atom is 0.211 e. The van der Waals surface area contributed by atoms with E-state index in [1.165, 1.54) is 25.7 Å². The van der Waals surface area contributed by atoms with Crippen LogP contribution in [0, 0.1) is 0 Å². The third-order valence-corrected chi connectivity index (χ3v) is 5.30. The molecule has 1 aliphatic carbocycles. The van der Waals surface area contributed by atoms with Crippen LogP contribution in [0.3, 0.4) is 0 Å². The van der Waals surface area contributed by atoms with Crippen molar-refractivity contribution in [3.63, 3.8) is 0 Å². The summed E-state index contributed by atoms with van der Waals surface area (Å²) in [4.78, 5) is 2.34. The largest absolute Gasteiger partial charge is 0.314 e. The highest BCUT2D eigenvalue weighted by atomic mass is 32.2. The Hall–Kier alpha value is -0.170. The fourth-order valence-corrected chi connectivity index (χ4v) is 3.94. The summed E-state index contributed by atoms with van der Waals surface area (Å²) >= 11 is 0. The van der Waals surface area contributed by atoms with Gasteiger partial charge in [0.2, 0.25) is 10.0 Å². The van der Waals surface area contributed by atoms with Gasteiger partial charge >= 0.3 is 0 Å². The molecule has 1 unspecified atom stereocenters. The first-order valence-corrected chi connectivity index (χ1v) is 9.16. The molecule has 0 spiro atoms. The highest BCUT2D eigenvalue weighted by Gasteiger charge is 2.21. The molecule has 6 heteroatoms. The number of hydrogen-bond donors (Lipinski definition) is 2. The highest BCUT2D eigenvalue weighted by Crippen LogP contribution is 2.18. The summed E-state index contributed by atoms with van der Waals surface area (Å²) in [6.45, 7) is 5.82. The molecule has 1 saturated heterocycles. The standard InChI is InChI=1S/C13H27N3O2S/c1-12(11-16-8-2-3-9-16)15-19(17,18)10-4-7-14-13-5-6-13/h12-15H,2-11H2,1H3. The summed E-state index contributed by atoms with van der Waals surface area (Å²) in [6, 6.07) is 0.671. The first-order chi connectivity index (χ1) is 9.05. The van der Waals surface area contributed by atoms with Gasteiger partial charge in [-0.15, -0.1) is 0 Å². The first kappa shape index (κ1) is 15.2. The van der Waals surface area contributed by atoms with Crippen molar-refractivity contribution in [1.82, 2.24) is 14.9 Å². The second-order valence-corrected chi connectivity index (χ2v) is 7.80. The van der Waals surface area contributed by atoms with Crippen molar-refractivity contribution in [3.8, 4) is 0 Å². The molecule has 1 atom stereocenters. The van der Waals surface area contributed by atoms with Crippen LogP contribution >= 0.6 is 0 Å². The van der Waals surface area contributed by atoms with E-state index in [-0.39, 0.29) is 11.8 Å². The van der Waals surface area contributed by atoms with Gasteiger partial charge < -0.3 is 10.2 Å². The Morgan fingerprint density at radius 2 is 1.95 bits per heavy atom. The smallest absolute Gasteiger partial charge is 0.211 e. The zero-order valence-corrected chi connectivity index (χ0v) is 12.7. The molecule has 2 fully saturated rings. The van der Waals surface area contributed by atoms with E-state index in [9.17, 15) is 8.42 Å². The highest BCUT2D eigenvalue weighted by molar-refractivity contribution is 7.89. The first-order valence-electron chi connectivity index (χ1n) is 7.51. The van der Waals surface area contributed by atoms with E-state index >= 15 is 0 Å². The maximum atomic E-state index is 11.9. The molecular formula is C13H27N3O2S. The van der Waals surface area contributed by atoms with Gasteiger partial charge in [-0.05, 0) is 58.7 Å². The molecule has 2 aliphatic rings.